The molecule has 8 heteroatoms. The van der Waals surface area contributed by atoms with Gasteiger partial charge in [-0.3, -0.25) is 14.4 Å². The molecule has 1 spiro atoms. The van der Waals surface area contributed by atoms with Crippen molar-refractivity contribution in [3.8, 4) is 0 Å². The number of aliphatic hydroxyl groups excluding tert-OH is 1. The van der Waals surface area contributed by atoms with Gasteiger partial charge >= 0.3 is 5.97 Å². The molecular formula is C25H36N2O6. The molecule has 0 radical (unpaired) electrons. The summed E-state index contributed by atoms with van der Waals surface area (Å²) in [4.78, 5) is 44.3. The number of aliphatic hydroxyl groups is 1. The summed E-state index contributed by atoms with van der Waals surface area (Å²) in [6.45, 7) is 6.60. The average molecular weight is 461 g/mol. The number of esters is 1. The van der Waals surface area contributed by atoms with Crippen molar-refractivity contribution in [1.29, 1.82) is 0 Å². The average Bonchev–Trinajstić information content (AvgIpc) is 3.13. The first kappa shape index (κ1) is 24.0. The molecule has 1 N–H and O–H groups in total. The van der Waals surface area contributed by atoms with Crippen LogP contribution in [0.1, 0.15) is 52.9 Å². The zero-order chi connectivity index (χ0) is 23.8. The Morgan fingerprint density at radius 3 is 2.67 bits per heavy atom. The molecule has 0 saturated carbocycles. The molecule has 2 fully saturated rings. The molecule has 4 aliphatic rings. The number of fused-ring (bicyclic) bond motifs is 2. The Morgan fingerprint density at radius 2 is 1.94 bits per heavy atom. The summed E-state index contributed by atoms with van der Waals surface area (Å²) in [7, 11) is 0. The zero-order valence-corrected chi connectivity index (χ0v) is 19.9. The van der Waals surface area contributed by atoms with Crippen LogP contribution in [0.2, 0.25) is 0 Å². The summed E-state index contributed by atoms with van der Waals surface area (Å²) in [5.74, 6) is -2.78. The van der Waals surface area contributed by atoms with Crippen LogP contribution in [0.3, 0.4) is 0 Å². The Hall–Kier alpha value is -2.19. The third-order valence-corrected chi connectivity index (χ3v) is 7.54. The van der Waals surface area contributed by atoms with Crippen LogP contribution in [0.4, 0.5) is 0 Å². The quantitative estimate of drug-likeness (QED) is 0.497. The molecule has 0 aromatic rings. The van der Waals surface area contributed by atoms with Gasteiger partial charge in [0.2, 0.25) is 11.8 Å². The highest BCUT2D eigenvalue weighted by atomic mass is 16.6. The van der Waals surface area contributed by atoms with Gasteiger partial charge in [0, 0.05) is 13.1 Å². The van der Waals surface area contributed by atoms with Crippen molar-refractivity contribution in [1.82, 2.24) is 9.80 Å². The zero-order valence-electron chi connectivity index (χ0n) is 19.9. The molecule has 0 aliphatic carbocycles. The minimum absolute atomic E-state index is 0.200. The second-order valence-electron chi connectivity index (χ2n) is 9.88. The summed E-state index contributed by atoms with van der Waals surface area (Å²) in [5.41, 5.74) is -2.37. The van der Waals surface area contributed by atoms with E-state index in [1.54, 1.807) is 11.8 Å². The molecule has 6 atom stereocenters. The third-order valence-electron chi connectivity index (χ3n) is 7.54. The van der Waals surface area contributed by atoms with Crippen LogP contribution in [-0.4, -0.2) is 82.3 Å². The van der Waals surface area contributed by atoms with Crippen LogP contribution in [0.15, 0.2) is 24.3 Å². The smallest absolute Gasteiger partial charge is 0.313 e. The topological polar surface area (TPSA) is 96.4 Å². The molecule has 8 nitrogen and oxygen atoms in total. The normalized spacial score (nSPS) is 38.3. The monoisotopic (exact) mass is 460 g/mol. The van der Waals surface area contributed by atoms with Crippen molar-refractivity contribution in [2.75, 3.05) is 26.3 Å². The summed E-state index contributed by atoms with van der Waals surface area (Å²) < 4.78 is 12.3. The molecule has 0 aromatic heterocycles. The van der Waals surface area contributed by atoms with E-state index in [1.807, 2.05) is 31.2 Å². The van der Waals surface area contributed by atoms with Crippen molar-refractivity contribution < 1.29 is 29.0 Å². The standard InChI is InChI=1S/C25H36N2O6/c1-4-5-13-26-14-10-12-25-18(21(29)27(17(2)16-28)20(25)22(26)30)19-23(31)32-15-9-7-6-8-11-24(19,3)33-25/h8,10-12,17-20,28H,4-7,9,13-16H2,1-3H3/b11-8-/t17-,18+,19+,20?,24-,25+/m1/s1. The van der Waals surface area contributed by atoms with Crippen molar-refractivity contribution in [3.05, 3.63) is 24.3 Å². The van der Waals surface area contributed by atoms with E-state index < -0.39 is 41.1 Å². The number of unbranched alkanes of at least 4 members (excludes halogenated alkanes) is 1. The van der Waals surface area contributed by atoms with E-state index in [0.29, 0.717) is 19.7 Å². The molecule has 4 rings (SSSR count). The summed E-state index contributed by atoms with van der Waals surface area (Å²) in [5, 5.41) is 9.93. The highest BCUT2D eigenvalue weighted by Crippen LogP contribution is 2.57. The van der Waals surface area contributed by atoms with Crippen LogP contribution >= 0.6 is 0 Å². The number of carbonyl (C=O) groups is 3. The van der Waals surface area contributed by atoms with Gasteiger partial charge < -0.3 is 24.4 Å². The molecule has 2 saturated heterocycles. The van der Waals surface area contributed by atoms with Crippen LogP contribution in [-0.2, 0) is 23.9 Å². The van der Waals surface area contributed by atoms with Crippen molar-refractivity contribution in [2.24, 2.45) is 11.8 Å². The number of carbonyl (C=O) groups excluding carboxylic acids is 3. The summed E-state index contributed by atoms with van der Waals surface area (Å²) in [6, 6.07) is -1.53. The Balaban J connectivity index is 1.85. The van der Waals surface area contributed by atoms with Crippen molar-refractivity contribution >= 4 is 17.8 Å². The SMILES string of the molecule is CCCCN1CC=C[C@]23O[C@]4(C)/C=C\CCCCOC(=O)[C@@H]4[C@H]2C(=O)N([C@H](C)CO)C3C1=O. The molecule has 0 bridgehead atoms. The Morgan fingerprint density at radius 1 is 1.15 bits per heavy atom. The molecule has 182 valence electrons. The van der Waals surface area contributed by atoms with E-state index in [9.17, 15) is 19.5 Å². The highest BCUT2D eigenvalue weighted by molar-refractivity contribution is 5.99. The number of likely N-dealkylation sites (tertiary alicyclic amines) is 1. The van der Waals surface area contributed by atoms with E-state index >= 15 is 0 Å². The number of amides is 2. The molecule has 4 heterocycles. The Labute approximate surface area is 195 Å². The number of nitrogens with zero attached hydrogens (tertiary/aromatic N) is 2. The number of cyclic esters (lactones) is 1. The van der Waals surface area contributed by atoms with Gasteiger partial charge in [0.05, 0.1) is 30.8 Å². The highest BCUT2D eigenvalue weighted by Gasteiger charge is 2.75. The predicted molar refractivity (Wildman–Crippen MR) is 121 cm³/mol. The maximum Gasteiger partial charge on any atom is 0.313 e. The fourth-order valence-corrected chi connectivity index (χ4v) is 5.90. The Kier molecular flexibility index (Phi) is 6.69. The third kappa shape index (κ3) is 3.81. The number of ether oxygens (including phenoxy) is 2. The molecular weight excluding hydrogens is 424 g/mol. The first-order chi connectivity index (χ1) is 15.8. The van der Waals surface area contributed by atoms with Crippen LogP contribution in [0.25, 0.3) is 0 Å². The number of rotatable bonds is 5. The predicted octanol–water partition coefficient (Wildman–Crippen LogP) is 1.82. The molecule has 0 aromatic carbocycles. The fraction of sp³-hybridized carbons (Fsp3) is 0.720. The van der Waals surface area contributed by atoms with E-state index in [-0.39, 0.29) is 18.4 Å². The van der Waals surface area contributed by atoms with Gasteiger partial charge in [-0.2, -0.15) is 0 Å². The van der Waals surface area contributed by atoms with Crippen LogP contribution in [0, 0.1) is 11.8 Å². The van der Waals surface area contributed by atoms with E-state index in [4.69, 9.17) is 9.47 Å². The van der Waals surface area contributed by atoms with Gasteiger partial charge in [0.15, 0.2) is 0 Å². The van der Waals surface area contributed by atoms with E-state index in [2.05, 4.69) is 6.92 Å². The van der Waals surface area contributed by atoms with Crippen molar-refractivity contribution in [3.63, 3.8) is 0 Å². The maximum absolute atomic E-state index is 13.9. The molecule has 33 heavy (non-hydrogen) atoms. The first-order valence-electron chi connectivity index (χ1n) is 12.2. The van der Waals surface area contributed by atoms with Gasteiger partial charge in [-0.05, 0) is 39.5 Å². The van der Waals surface area contributed by atoms with E-state index in [1.165, 1.54) is 4.90 Å². The molecule has 2 amide bonds. The largest absolute Gasteiger partial charge is 0.465 e. The van der Waals surface area contributed by atoms with Gasteiger partial charge in [0.1, 0.15) is 17.6 Å². The van der Waals surface area contributed by atoms with Gasteiger partial charge in [-0.15, -0.1) is 0 Å². The number of hydrogen-bond acceptors (Lipinski definition) is 6. The molecule has 4 aliphatic heterocycles. The lowest BCUT2D eigenvalue weighted by Gasteiger charge is -2.39. The minimum atomic E-state index is -1.30. The van der Waals surface area contributed by atoms with Crippen LogP contribution < -0.4 is 0 Å². The molecule has 1 unspecified atom stereocenters. The maximum atomic E-state index is 13.9. The summed E-state index contributed by atoms with van der Waals surface area (Å²) >= 11 is 0. The second-order valence-corrected chi connectivity index (χ2v) is 9.88. The first-order valence-corrected chi connectivity index (χ1v) is 12.2. The second kappa shape index (κ2) is 9.22. The van der Waals surface area contributed by atoms with Gasteiger partial charge in [0.25, 0.3) is 0 Å². The Bertz CT molecular complexity index is 856. The number of hydrogen-bond donors (Lipinski definition) is 1. The van der Waals surface area contributed by atoms with Gasteiger partial charge in [-0.1, -0.05) is 37.6 Å². The minimum Gasteiger partial charge on any atom is -0.465 e. The summed E-state index contributed by atoms with van der Waals surface area (Å²) in [6.07, 6.45) is 11.9. The fourth-order valence-electron chi connectivity index (χ4n) is 5.90. The van der Waals surface area contributed by atoms with Crippen LogP contribution in [0.5, 0.6) is 0 Å². The van der Waals surface area contributed by atoms with Crippen molar-refractivity contribution in [2.45, 2.75) is 76.2 Å². The van der Waals surface area contributed by atoms with E-state index in [0.717, 1.165) is 32.1 Å². The lowest BCUT2D eigenvalue weighted by atomic mass is 9.74. The lowest BCUT2D eigenvalue weighted by molar-refractivity contribution is -0.161. The lowest BCUT2D eigenvalue weighted by Crippen LogP contribution is -2.58. The van der Waals surface area contributed by atoms with Gasteiger partial charge in [-0.25, -0.2) is 0 Å². The number of allylic oxidation sites excluding steroid dienone is 1.